The van der Waals surface area contributed by atoms with E-state index in [0.29, 0.717) is 0 Å². The molecule has 2 aromatic rings. The number of unbranched alkanes of at least 4 members (excludes halogenated alkanes) is 10. The monoisotopic (exact) mass is 480 g/mol. The Kier molecular flexibility index (Phi) is 15.3. The molecule has 0 radical (unpaired) electrons. The Morgan fingerprint density at radius 1 is 0.794 bits per heavy atom. The van der Waals surface area contributed by atoms with Crippen LogP contribution in [0.3, 0.4) is 0 Å². The maximum absolute atomic E-state index is 5.92. The molecule has 0 bridgehead atoms. The van der Waals surface area contributed by atoms with Crippen LogP contribution in [0.2, 0.25) is 6.04 Å². The summed E-state index contributed by atoms with van der Waals surface area (Å²) in [5, 5.41) is 0. The van der Waals surface area contributed by atoms with E-state index in [4.69, 9.17) is 4.74 Å². The molecule has 0 fully saturated rings. The first-order valence-electron chi connectivity index (χ1n) is 13.9. The third-order valence-corrected chi connectivity index (χ3v) is 8.32. The van der Waals surface area contributed by atoms with Gasteiger partial charge in [0.15, 0.2) is 5.82 Å². The van der Waals surface area contributed by atoms with Crippen molar-refractivity contribution in [1.82, 2.24) is 9.97 Å². The van der Waals surface area contributed by atoms with Gasteiger partial charge in [-0.2, -0.15) is 0 Å². The maximum atomic E-state index is 5.92. The van der Waals surface area contributed by atoms with Crippen LogP contribution in [0.15, 0.2) is 47.9 Å². The van der Waals surface area contributed by atoms with Crippen LogP contribution in [0.4, 0.5) is 0 Å². The van der Waals surface area contributed by atoms with E-state index >= 15 is 0 Å². The van der Waals surface area contributed by atoms with Gasteiger partial charge in [-0.05, 0) is 62.9 Å². The lowest BCUT2D eigenvalue weighted by Gasteiger charge is -2.07. The molecule has 3 nitrogen and oxygen atoms in total. The van der Waals surface area contributed by atoms with E-state index in [2.05, 4.69) is 48.6 Å². The summed E-state index contributed by atoms with van der Waals surface area (Å²) in [4.78, 5) is 9.20. The summed E-state index contributed by atoms with van der Waals surface area (Å²) >= 11 is 0. The minimum Gasteiger partial charge on any atom is -0.494 e. The molecule has 4 heteroatoms. The number of aryl methyl sites for hydroxylation is 1. The topological polar surface area (TPSA) is 35.0 Å². The number of allylic oxidation sites excluding steroid dienone is 1. The number of nitrogens with zero attached hydrogens (tertiary/aromatic N) is 2. The quantitative estimate of drug-likeness (QED) is 0.150. The summed E-state index contributed by atoms with van der Waals surface area (Å²) in [5.41, 5.74) is 6.26. The fourth-order valence-corrected chi connectivity index (χ4v) is 5.58. The van der Waals surface area contributed by atoms with E-state index < -0.39 is 0 Å². The van der Waals surface area contributed by atoms with E-state index in [0.717, 1.165) is 36.6 Å². The van der Waals surface area contributed by atoms with Crippen LogP contribution in [0.5, 0.6) is 5.75 Å². The fourth-order valence-electron chi connectivity index (χ4n) is 4.15. The number of hydrogen-bond donors (Lipinski definition) is 0. The average molecular weight is 481 g/mol. The second-order valence-electron chi connectivity index (χ2n) is 9.85. The summed E-state index contributed by atoms with van der Waals surface area (Å²) < 4.78 is 5.92. The molecule has 0 N–H and O–H groups in total. The molecule has 0 aliphatic carbocycles. The van der Waals surface area contributed by atoms with Crippen molar-refractivity contribution in [3.63, 3.8) is 0 Å². The van der Waals surface area contributed by atoms with Gasteiger partial charge in [0.05, 0.1) is 6.61 Å². The lowest BCUT2D eigenvalue weighted by atomic mass is 10.1. The second kappa shape index (κ2) is 18.4. The number of rotatable bonds is 19. The van der Waals surface area contributed by atoms with Gasteiger partial charge in [0.2, 0.25) is 0 Å². The van der Waals surface area contributed by atoms with Gasteiger partial charge in [-0.25, -0.2) is 9.97 Å². The van der Waals surface area contributed by atoms with Crippen molar-refractivity contribution in [2.45, 2.75) is 110 Å². The van der Waals surface area contributed by atoms with Crippen molar-refractivity contribution < 1.29 is 4.74 Å². The van der Waals surface area contributed by atoms with Gasteiger partial charge in [0.25, 0.3) is 0 Å². The first-order valence-corrected chi connectivity index (χ1v) is 15.7. The number of hydrogen-bond acceptors (Lipinski definition) is 3. The van der Waals surface area contributed by atoms with Crippen molar-refractivity contribution in [3.8, 4) is 17.1 Å². The predicted octanol–water partition coefficient (Wildman–Crippen LogP) is 8.28. The first-order chi connectivity index (χ1) is 16.7. The predicted molar refractivity (Wildman–Crippen MR) is 151 cm³/mol. The highest BCUT2D eigenvalue weighted by molar-refractivity contribution is 6.42. The van der Waals surface area contributed by atoms with Crippen molar-refractivity contribution in [2.75, 3.05) is 6.61 Å². The zero-order chi connectivity index (χ0) is 24.3. The second-order valence-corrected chi connectivity index (χ2v) is 11.5. The molecule has 0 aliphatic rings. The SMILES string of the molecule is CCCCCCCCCCc1cnc(-c2ccc(OCCCCCC[SiH2]C=C(C)C)cc2)nc1. The Morgan fingerprint density at radius 3 is 2.09 bits per heavy atom. The van der Waals surface area contributed by atoms with Crippen molar-refractivity contribution in [1.29, 1.82) is 0 Å². The van der Waals surface area contributed by atoms with Crippen molar-refractivity contribution in [2.24, 2.45) is 0 Å². The van der Waals surface area contributed by atoms with E-state index in [9.17, 15) is 0 Å². The third kappa shape index (κ3) is 13.1. The van der Waals surface area contributed by atoms with Gasteiger partial charge in [-0.15, -0.1) is 5.70 Å². The van der Waals surface area contributed by atoms with Crippen LogP contribution in [0.1, 0.15) is 103 Å². The van der Waals surface area contributed by atoms with Crippen LogP contribution >= 0.6 is 0 Å². The van der Waals surface area contributed by atoms with Crippen LogP contribution in [0, 0.1) is 0 Å². The van der Waals surface area contributed by atoms with E-state index in [1.54, 1.807) is 0 Å². The first kappa shape index (κ1) is 28.3. The Labute approximate surface area is 211 Å². The third-order valence-electron chi connectivity index (χ3n) is 6.31. The Bertz CT molecular complexity index is 782. The number of benzene rings is 1. The molecule has 2 rings (SSSR count). The minimum absolute atomic E-state index is 0.0407. The van der Waals surface area contributed by atoms with Gasteiger partial charge in [-0.3, -0.25) is 0 Å². The molecule has 0 atom stereocenters. The van der Waals surface area contributed by atoms with Gasteiger partial charge in [0, 0.05) is 27.5 Å². The fraction of sp³-hybridized carbons (Fsp3) is 0.600. The average Bonchev–Trinajstić information content (AvgIpc) is 2.85. The highest BCUT2D eigenvalue weighted by atomic mass is 28.2. The van der Waals surface area contributed by atoms with Gasteiger partial charge >= 0.3 is 0 Å². The Hall–Kier alpha value is -1.94. The molecule has 34 heavy (non-hydrogen) atoms. The molecular weight excluding hydrogens is 432 g/mol. The van der Waals surface area contributed by atoms with Crippen LogP contribution < -0.4 is 4.74 Å². The molecule has 0 saturated carbocycles. The lowest BCUT2D eigenvalue weighted by molar-refractivity contribution is 0.305. The molecule has 0 aliphatic heterocycles. The molecule has 1 aromatic heterocycles. The van der Waals surface area contributed by atoms with Crippen LogP contribution in [0.25, 0.3) is 11.4 Å². The maximum Gasteiger partial charge on any atom is 0.159 e. The smallest absolute Gasteiger partial charge is 0.159 e. The van der Waals surface area contributed by atoms with Crippen molar-refractivity contribution in [3.05, 3.63) is 53.5 Å². The van der Waals surface area contributed by atoms with Crippen LogP contribution in [-0.4, -0.2) is 26.1 Å². The molecule has 0 unspecified atom stereocenters. The molecule has 1 aromatic carbocycles. The highest BCUT2D eigenvalue weighted by Crippen LogP contribution is 2.20. The van der Waals surface area contributed by atoms with Crippen molar-refractivity contribution >= 4 is 9.52 Å². The van der Waals surface area contributed by atoms with E-state index in [1.165, 1.54) is 87.8 Å². The zero-order valence-electron chi connectivity index (χ0n) is 22.2. The zero-order valence-corrected chi connectivity index (χ0v) is 23.6. The molecule has 0 saturated heterocycles. The summed E-state index contributed by atoms with van der Waals surface area (Å²) in [6, 6.07) is 9.65. The minimum atomic E-state index is 0.0407. The summed E-state index contributed by atoms with van der Waals surface area (Å²) in [7, 11) is 0.0407. The van der Waals surface area contributed by atoms with Gasteiger partial charge < -0.3 is 4.74 Å². The van der Waals surface area contributed by atoms with Gasteiger partial charge in [-0.1, -0.05) is 82.7 Å². The summed E-state index contributed by atoms with van der Waals surface area (Å²) in [6.07, 6.45) is 21.0. The molecule has 188 valence electrons. The summed E-state index contributed by atoms with van der Waals surface area (Å²) in [5.74, 6) is 1.73. The van der Waals surface area contributed by atoms with E-state index in [-0.39, 0.29) is 9.52 Å². The standard InChI is InChI=1S/C30H48N2OSi/c1-4-5-6-7-8-9-10-13-16-27-23-31-30(32-24-27)28-17-19-29(20-18-28)33-21-14-11-12-15-22-34-25-26(2)3/h17-20,23-25H,4-16,21-22,34H2,1-3H3. The molecular formula is C30H48N2OSi. The molecule has 1 heterocycles. The lowest BCUT2D eigenvalue weighted by Crippen LogP contribution is -1.98. The Balaban J connectivity index is 1.59. The molecule has 0 spiro atoms. The Morgan fingerprint density at radius 2 is 1.41 bits per heavy atom. The largest absolute Gasteiger partial charge is 0.494 e. The van der Waals surface area contributed by atoms with E-state index in [1.807, 2.05) is 24.5 Å². The van der Waals surface area contributed by atoms with Gasteiger partial charge in [0.1, 0.15) is 5.75 Å². The number of ether oxygens (including phenoxy) is 1. The molecule has 0 amide bonds. The highest BCUT2D eigenvalue weighted by Gasteiger charge is 2.03. The van der Waals surface area contributed by atoms with Crippen LogP contribution in [-0.2, 0) is 6.42 Å². The number of aromatic nitrogens is 2. The normalized spacial score (nSPS) is 11.3. The summed E-state index contributed by atoms with van der Waals surface area (Å²) in [6.45, 7) is 7.49.